The maximum Gasteiger partial charge on any atom is 0.189 e. The monoisotopic (exact) mass is 448 g/mol. The maximum atomic E-state index is 6.45. The second-order valence-electron chi connectivity index (χ2n) is 8.42. The highest BCUT2D eigenvalue weighted by Gasteiger charge is 2.56. The van der Waals surface area contributed by atoms with E-state index >= 15 is 0 Å². The Morgan fingerprint density at radius 1 is 0.727 bits per heavy atom. The minimum Gasteiger partial charge on any atom is -0.374 e. The molecule has 4 rings (SSSR count). The van der Waals surface area contributed by atoms with Gasteiger partial charge in [0.15, 0.2) is 6.29 Å². The Bertz CT molecular complexity index is 950. The summed E-state index contributed by atoms with van der Waals surface area (Å²) in [6.45, 7) is 3.76. The molecule has 5 nitrogen and oxygen atoms in total. The molecule has 1 heterocycles. The van der Waals surface area contributed by atoms with Crippen LogP contribution in [0.1, 0.15) is 23.6 Å². The van der Waals surface area contributed by atoms with Gasteiger partial charge in [0.25, 0.3) is 0 Å². The molecule has 3 aromatic carbocycles. The SMILES string of the molecule is COC1O[C@H](COCc2ccccc2)[C@@H](OCc2ccccc2)[C@@]1(C)OCc1ccccc1. The number of ether oxygens (including phenoxy) is 5. The van der Waals surface area contributed by atoms with E-state index in [0.29, 0.717) is 26.4 Å². The van der Waals surface area contributed by atoms with Crippen molar-refractivity contribution in [1.29, 1.82) is 0 Å². The fourth-order valence-electron chi connectivity index (χ4n) is 4.15. The topological polar surface area (TPSA) is 46.2 Å². The van der Waals surface area contributed by atoms with Gasteiger partial charge in [0.1, 0.15) is 17.8 Å². The Morgan fingerprint density at radius 3 is 1.79 bits per heavy atom. The van der Waals surface area contributed by atoms with E-state index in [9.17, 15) is 0 Å². The molecule has 1 saturated heterocycles. The van der Waals surface area contributed by atoms with Gasteiger partial charge in [-0.05, 0) is 23.6 Å². The van der Waals surface area contributed by atoms with Gasteiger partial charge in [-0.2, -0.15) is 0 Å². The number of hydrogen-bond acceptors (Lipinski definition) is 5. The smallest absolute Gasteiger partial charge is 0.189 e. The van der Waals surface area contributed by atoms with Crippen LogP contribution in [0.2, 0.25) is 0 Å². The maximum absolute atomic E-state index is 6.45. The minimum absolute atomic E-state index is 0.330. The molecule has 1 fully saturated rings. The summed E-state index contributed by atoms with van der Waals surface area (Å²) in [6.07, 6.45) is -1.28. The highest BCUT2D eigenvalue weighted by molar-refractivity contribution is 5.16. The summed E-state index contributed by atoms with van der Waals surface area (Å²) in [4.78, 5) is 0. The van der Waals surface area contributed by atoms with Gasteiger partial charge in [-0.1, -0.05) is 91.0 Å². The van der Waals surface area contributed by atoms with Gasteiger partial charge >= 0.3 is 0 Å². The molecule has 33 heavy (non-hydrogen) atoms. The Labute approximate surface area is 196 Å². The molecule has 3 aromatic rings. The fraction of sp³-hybridized carbons (Fsp3) is 0.357. The van der Waals surface area contributed by atoms with Crippen molar-refractivity contribution in [2.75, 3.05) is 13.7 Å². The van der Waals surface area contributed by atoms with Crippen molar-refractivity contribution < 1.29 is 23.7 Å². The van der Waals surface area contributed by atoms with E-state index in [-0.39, 0.29) is 12.2 Å². The van der Waals surface area contributed by atoms with Crippen molar-refractivity contribution in [1.82, 2.24) is 0 Å². The Balaban J connectivity index is 1.48. The minimum atomic E-state index is -0.805. The fourth-order valence-corrected chi connectivity index (χ4v) is 4.15. The van der Waals surface area contributed by atoms with Gasteiger partial charge < -0.3 is 23.7 Å². The molecular formula is C28H32O5. The van der Waals surface area contributed by atoms with Crippen LogP contribution in [0.4, 0.5) is 0 Å². The van der Waals surface area contributed by atoms with E-state index in [0.717, 1.165) is 16.7 Å². The molecular weight excluding hydrogens is 416 g/mol. The third-order valence-electron chi connectivity index (χ3n) is 5.94. The zero-order chi connectivity index (χ0) is 22.9. The molecule has 1 aliphatic heterocycles. The summed E-state index contributed by atoms with van der Waals surface area (Å²) in [6, 6.07) is 30.3. The first kappa shape index (κ1) is 23.6. The van der Waals surface area contributed by atoms with E-state index in [4.69, 9.17) is 23.7 Å². The van der Waals surface area contributed by atoms with E-state index in [1.165, 1.54) is 0 Å². The van der Waals surface area contributed by atoms with Crippen LogP contribution in [0.5, 0.6) is 0 Å². The lowest BCUT2D eigenvalue weighted by atomic mass is 9.96. The molecule has 4 atom stereocenters. The molecule has 0 spiro atoms. The van der Waals surface area contributed by atoms with Crippen molar-refractivity contribution in [2.45, 2.75) is 50.8 Å². The molecule has 0 radical (unpaired) electrons. The first-order chi connectivity index (χ1) is 16.2. The Kier molecular flexibility index (Phi) is 8.26. The van der Waals surface area contributed by atoms with Gasteiger partial charge in [-0.25, -0.2) is 0 Å². The van der Waals surface area contributed by atoms with Crippen molar-refractivity contribution >= 4 is 0 Å². The summed E-state index contributed by atoms with van der Waals surface area (Å²) in [7, 11) is 1.64. The van der Waals surface area contributed by atoms with Gasteiger partial charge in [-0.3, -0.25) is 0 Å². The Morgan fingerprint density at radius 2 is 1.24 bits per heavy atom. The molecule has 174 valence electrons. The molecule has 0 saturated carbocycles. The number of benzene rings is 3. The predicted octanol–water partition coefficient (Wildman–Crippen LogP) is 5.14. The molecule has 0 aromatic heterocycles. The summed E-state index contributed by atoms with van der Waals surface area (Å²) in [5, 5.41) is 0. The summed E-state index contributed by atoms with van der Waals surface area (Å²) in [5.74, 6) is 0. The summed E-state index contributed by atoms with van der Waals surface area (Å²) >= 11 is 0. The summed E-state index contributed by atoms with van der Waals surface area (Å²) in [5.41, 5.74) is 2.48. The van der Waals surface area contributed by atoms with Crippen LogP contribution >= 0.6 is 0 Å². The van der Waals surface area contributed by atoms with Crippen molar-refractivity contribution in [3.8, 4) is 0 Å². The van der Waals surface area contributed by atoms with Gasteiger partial charge in [0, 0.05) is 7.11 Å². The molecule has 0 bridgehead atoms. The third kappa shape index (κ3) is 6.08. The van der Waals surface area contributed by atoms with Crippen molar-refractivity contribution in [3.05, 3.63) is 108 Å². The lowest BCUT2D eigenvalue weighted by Crippen LogP contribution is -2.50. The molecule has 0 amide bonds. The molecule has 0 N–H and O–H groups in total. The van der Waals surface area contributed by atoms with E-state index in [1.54, 1.807) is 7.11 Å². The van der Waals surface area contributed by atoms with E-state index < -0.39 is 11.9 Å². The van der Waals surface area contributed by atoms with Gasteiger partial charge in [0.05, 0.1) is 26.4 Å². The first-order valence-corrected chi connectivity index (χ1v) is 11.3. The van der Waals surface area contributed by atoms with Crippen LogP contribution in [-0.2, 0) is 43.5 Å². The number of methoxy groups -OCH3 is 1. The molecule has 5 heteroatoms. The van der Waals surface area contributed by atoms with Crippen LogP contribution in [0.3, 0.4) is 0 Å². The largest absolute Gasteiger partial charge is 0.374 e. The predicted molar refractivity (Wildman–Crippen MR) is 126 cm³/mol. The highest BCUT2D eigenvalue weighted by Crippen LogP contribution is 2.38. The normalized spacial score (nSPS) is 24.7. The average Bonchev–Trinajstić information content (AvgIpc) is 3.14. The lowest BCUT2D eigenvalue weighted by molar-refractivity contribution is -0.216. The van der Waals surface area contributed by atoms with Crippen LogP contribution < -0.4 is 0 Å². The second kappa shape index (κ2) is 11.5. The van der Waals surface area contributed by atoms with Crippen molar-refractivity contribution in [2.24, 2.45) is 0 Å². The second-order valence-corrected chi connectivity index (χ2v) is 8.42. The zero-order valence-corrected chi connectivity index (χ0v) is 19.3. The average molecular weight is 449 g/mol. The van der Waals surface area contributed by atoms with E-state index in [2.05, 4.69) is 0 Å². The molecule has 1 aliphatic rings. The molecule has 0 aliphatic carbocycles. The van der Waals surface area contributed by atoms with Crippen LogP contribution in [0.15, 0.2) is 91.0 Å². The Hall–Kier alpha value is -2.54. The third-order valence-corrected chi connectivity index (χ3v) is 5.94. The van der Waals surface area contributed by atoms with Gasteiger partial charge in [-0.15, -0.1) is 0 Å². The highest BCUT2D eigenvalue weighted by atomic mass is 16.7. The standard InChI is InChI=1S/C28H32O5/c1-28(32-20-24-16-10-5-11-17-24)26(31-19-23-14-8-4-9-15-23)25(33-27(28)29-2)21-30-18-22-12-6-3-7-13-22/h3-17,25-27H,18-21H2,1-2H3/t25-,26-,27?,28-/m1/s1. The first-order valence-electron chi connectivity index (χ1n) is 11.3. The van der Waals surface area contributed by atoms with Crippen LogP contribution in [0.25, 0.3) is 0 Å². The van der Waals surface area contributed by atoms with Crippen LogP contribution in [0, 0.1) is 0 Å². The molecule has 1 unspecified atom stereocenters. The number of hydrogen-bond donors (Lipinski definition) is 0. The van der Waals surface area contributed by atoms with Crippen LogP contribution in [-0.4, -0.2) is 37.8 Å². The lowest BCUT2D eigenvalue weighted by Gasteiger charge is -2.34. The van der Waals surface area contributed by atoms with Crippen molar-refractivity contribution in [3.63, 3.8) is 0 Å². The summed E-state index contributed by atoms with van der Waals surface area (Å²) < 4.78 is 30.9. The number of rotatable bonds is 11. The quantitative estimate of drug-likeness (QED) is 0.407. The van der Waals surface area contributed by atoms with E-state index in [1.807, 2.05) is 97.9 Å². The van der Waals surface area contributed by atoms with Gasteiger partial charge in [0.2, 0.25) is 0 Å². The zero-order valence-electron chi connectivity index (χ0n) is 19.3.